The van der Waals surface area contributed by atoms with Gasteiger partial charge in [0.2, 0.25) is 5.91 Å². The Morgan fingerprint density at radius 1 is 1.00 bits per heavy atom. The molecule has 4 nitrogen and oxygen atoms in total. The molecule has 0 N–H and O–H groups in total. The maximum Gasteiger partial charge on any atom is 0.258 e. The Balaban J connectivity index is 1.71. The second-order valence-corrected chi connectivity index (χ2v) is 7.03. The molecule has 2 aromatic carbocycles. The summed E-state index contributed by atoms with van der Waals surface area (Å²) in [5.74, 6) is -0.355. The number of hydrogen-bond donors (Lipinski definition) is 0. The van der Waals surface area contributed by atoms with Crippen LogP contribution in [0, 0.1) is 18.7 Å². The number of benzene rings is 2. The third kappa shape index (κ3) is 2.98. The maximum absolute atomic E-state index is 13.9. The standard InChI is InChI=1S/C21H21FN2O2/c1-14-7-8-16(13-17(14)22)21(26)24-12-4-11-23(20(25)15-9-10-15)18-5-2-3-6-19(18)24/h2-3,5-8,13,15H,4,9-12H2,1H3. The number of amides is 2. The molecule has 0 saturated heterocycles. The summed E-state index contributed by atoms with van der Waals surface area (Å²) in [4.78, 5) is 29.2. The van der Waals surface area contributed by atoms with Crippen LogP contribution >= 0.6 is 0 Å². The number of fused-ring (bicyclic) bond motifs is 1. The van der Waals surface area contributed by atoms with E-state index in [1.165, 1.54) is 6.07 Å². The van der Waals surface area contributed by atoms with Gasteiger partial charge in [-0.2, -0.15) is 0 Å². The molecular weight excluding hydrogens is 331 g/mol. The Bertz CT molecular complexity index is 876. The van der Waals surface area contributed by atoms with E-state index in [-0.39, 0.29) is 23.5 Å². The van der Waals surface area contributed by atoms with Crippen molar-refractivity contribution in [3.63, 3.8) is 0 Å². The van der Waals surface area contributed by atoms with Crippen LogP contribution < -0.4 is 9.80 Å². The van der Waals surface area contributed by atoms with E-state index in [9.17, 15) is 14.0 Å². The third-order valence-corrected chi connectivity index (χ3v) is 5.08. The fourth-order valence-electron chi connectivity index (χ4n) is 3.42. The highest BCUT2D eigenvalue weighted by Crippen LogP contribution is 2.38. The smallest absolute Gasteiger partial charge is 0.258 e. The average molecular weight is 352 g/mol. The van der Waals surface area contributed by atoms with Crippen molar-refractivity contribution in [1.82, 2.24) is 0 Å². The van der Waals surface area contributed by atoms with Crippen molar-refractivity contribution in [2.45, 2.75) is 26.2 Å². The van der Waals surface area contributed by atoms with Crippen LogP contribution in [0.2, 0.25) is 0 Å². The van der Waals surface area contributed by atoms with Gasteiger partial charge in [-0.1, -0.05) is 18.2 Å². The average Bonchev–Trinajstić information content (AvgIpc) is 3.49. The highest BCUT2D eigenvalue weighted by Gasteiger charge is 2.36. The van der Waals surface area contributed by atoms with E-state index in [2.05, 4.69) is 0 Å². The Hall–Kier alpha value is -2.69. The lowest BCUT2D eigenvalue weighted by molar-refractivity contribution is -0.119. The quantitative estimate of drug-likeness (QED) is 0.822. The number of carbonyl (C=O) groups is 2. The van der Waals surface area contributed by atoms with Crippen LogP contribution in [-0.2, 0) is 4.79 Å². The van der Waals surface area contributed by atoms with Crippen molar-refractivity contribution >= 4 is 23.2 Å². The predicted octanol–water partition coefficient (Wildman–Crippen LogP) is 3.93. The number of carbonyl (C=O) groups excluding carboxylic acids is 2. The second kappa shape index (κ2) is 6.56. The third-order valence-electron chi connectivity index (χ3n) is 5.08. The van der Waals surface area contributed by atoms with Gasteiger partial charge in [-0.15, -0.1) is 0 Å². The lowest BCUT2D eigenvalue weighted by Crippen LogP contribution is -2.32. The minimum Gasteiger partial charge on any atom is -0.310 e. The molecule has 26 heavy (non-hydrogen) atoms. The number of para-hydroxylation sites is 2. The Kier molecular flexibility index (Phi) is 4.23. The van der Waals surface area contributed by atoms with Gasteiger partial charge in [-0.05, 0) is 56.0 Å². The number of anilines is 2. The zero-order chi connectivity index (χ0) is 18.3. The van der Waals surface area contributed by atoms with Crippen LogP contribution in [-0.4, -0.2) is 24.9 Å². The first-order chi connectivity index (χ1) is 12.6. The van der Waals surface area contributed by atoms with E-state index in [0.717, 1.165) is 18.5 Å². The van der Waals surface area contributed by atoms with Crippen LogP contribution in [0.15, 0.2) is 42.5 Å². The summed E-state index contributed by atoms with van der Waals surface area (Å²) in [6, 6.07) is 12.0. The summed E-state index contributed by atoms with van der Waals surface area (Å²) >= 11 is 0. The van der Waals surface area contributed by atoms with E-state index in [1.807, 2.05) is 29.2 Å². The van der Waals surface area contributed by atoms with Crippen molar-refractivity contribution in [3.05, 3.63) is 59.4 Å². The number of halogens is 1. The van der Waals surface area contributed by atoms with E-state index >= 15 is 0 Å². The summed E-state index contributed by atoms with van der Waals surface area (Å²) in [6.07, 6.45) is 2.58. The summed E-state index contributed by atoms with van der Waals surface area (Å²) in [7, 11) is 0. The Morgan fingerprint density at radius 3 is 2.31 bits per heavy atom. The summed E-state index contributed by atoms with van der Waals surface area (Å²) in [6.45, 7) is 2.77. The number of rotatable bonds is 2. The van der Waals surface area contributed by atoms with Gasteiger partial charge in [0.05, 0.1) is 11.4 Å². The van der Waals surface area contributed by atoms with Gasteiger partial charge < -0.3 is 9.80 Å². The molecule has 2 amide bonds. The van der Waals surface area contributed by atoms with Gasteiger partial charge in [0.1, 0.15) is 5.82 Å². The van der Waals surface area contributed by atoms with Crippen LogP contribution in [0.3, 0.4) is 0 Å². The van der Waals surface area contributed by atoms with Crippen LogP contribution in [0.1, 0.15) is 35.2 Å². The van der Waals surface area contributed by atoms with Gasteiger partial charge in [0.25, 0.3) is 5.91 Å². The first-order valence-electron chi connectivity index (χ1n) is 9.04. The molecule has 0 radical (unpaired) electrons. The molecule has 1 aliphatic heterocycles. The molecule has 0 unspecified atom stereocenters. The molecule has 1 heterocycles. The summed E-state index contributed by atoms with van der Waals surface area (Å²) in [5, 5.41) is 0. The van der Waals surface area contributed by atoms with E-state index in [4.69, 9.17) is 0 Å². The highest BCUT2D eigenvalue weighted by atomic mass is 19.1. The minimum atomic E-state index is -0.385. The van der Waals surface area contributed by atoms with Crippen LogP contribution in [0.4, 0.5) is 15.8 Å². The lowest BCUT2D eigenvalue weighted by Gasteiger charge is -2.25. The molecule has 0 spiro atoms. The molecule has 4 rings (SSSR count). The molecule has 0 atom stereocenters. The summed E-state index contributed by atoms with van der Waals surface area (Å²) < 4.78 is 13.9. The Morgan fingerprint density at radius 2 is 1.65 bits per heavy atom. The monoisotopic (exact) mass is 352 g/mol. The van der Waals surface area contributed by atoms with Crippen molar-refractivity contribution in [2.75, 3.05) is 22.9 Å². The fourth-order valence-corrected chi connectivity index (χ4v) is 3.42. The molecule has 0 bridgehead atoms. The maximum atomic E-state index is 13.9. The molecule has 2 aromatic rings. The largest absolute Gasteiger partial charge is 0.310 e. The molecular formula is C21H21FN2O2. The zero-order valence-electron chi connectivity index (χ0n) is 14.7. The molecule has 0 aromatic heterocycles. The first kappa shape index (κ1) is 16.8. The predicted molar refractivity (Wildman–Crippen MR) is 98.9 cm³/mol. The van der Waals surface area contributed by atoms with Gasteiger partial charge in [0, 0.05) is 24.6 Å². The second-order valence-electron chi connectivity index (χ2n) is 7.03. The van der Waals surface area contributed by atoms with Gasteiger partial charge >= 0.3 is 0 Å². The van der Waals surface area contributed by atoms with Gasteiger partial charge in [-0.3, -0.25) is 9.59 Å². The van der Waals surface area contributed by atoms with Gasteiger partial charge in [-0.25, -0.2) is 4.39 Å². The zero-order valence-corrected chi connectivity index (χ0v) is 14.7. The van der Waals surface area contributed by atoms with Crippen LogP contribution in [0.5, 0.6) is 0 Å². The Labute approximate surface area is 152 Å². The SMILES string of the molecule is Cc1ccc(C(=O)N2CCCN(C(=O)C3CC3)c3ccccc32)cc1F. The van der Waals surface area contributed by atoms with E-state index in [0.29, 0.717) is 36.3 Å². The number of aryl methyl sites for hydroxylation is 1. The summed E-state index contributed by atoms with van der Waals surface area (Å²) in [5.41, 5.74) is 2.32. The minimum absolute atomic E-state index is 0.122. The van der Waals surface area contributed by atoms with E-state index < -0.39 is 0 Å². The van der Waals surface area contributed by atoms with Crippen molar-refractivity contribution in [3.8, 4) is 0 Å². The van der Waals surface area contributed by atoms with Gasteiger partial charge in [0.15, 0.2) is 0 Å². The number of hydrogen-bond acceptors (Lipinski definition) is 2. The fraction of sp³-hybridized carbons (Fsp3) is 0.333. The van der Waals surface area contributed by atoms with Crippen molar-refractivity contribution in [2.24, 2.45) is 5.92 Å². The van der Waals surface area contributed by atoms with Crippen molar-refractivity contribution < 1.29 is 14.0 Å². The topological polar surface area (TPSA) is 40.6 Å². The first-order valence-corrected chi connectivity index (χ1v) is 9.04. The molecule has 1 fully saturated rings. The van der Waals surface area contributed by atoms with E-state index in [1.54, 1.807) is 24.0 Å². The van der Waals surface area contributed by atoms with Crippen molar-refractivity contribution in [1.29, 1.82) is 0 Å². The highest BCUT2D eigenvalue weighted by molar-refractivity contribution is 6.10. The van der Waals surface area contributed by atoms with Crippen LogP contribution in [0.25, 0.3) is 0 Å². The molecule has 1 aliphatic carbocycles. The molecule has 134 valence electrons. The lowest BCUT2D eigenvalue weighted by atomic mass is 10.1. The molecule has 1 saturated carbocycles. The normalized spacial score (nSPS) is 16.8. The number of nitrogens with zero attached hydrogens (tertiary/aromatic N) is 2. The molecule has 5 heteroatoms. The molecule has 2 aliphatic rings.